The van der Waals surface area contributed by atoms with E-state index < -0.39 is 0 Å². The van der Waals surface area contributed by atoms with E-state index in [-0.39, 0.29) is 0 Å². The predicted molar refractivity (Wildman–Crippen MR) is 149 cm³/mol. The van der Waals surface area contributed by atoms with E-state index >= 15 is 0 Å². The molecule has 1 unspecified atom stereocenters. The third kappa shape index (κ3) is 4.68. The van der Waals surface area contributed by atoms with Gasteiger partial charge in [-0.2, -0.15) is 0 Å². The van der Waals surface area contributed by atoms with Crippen LogP contribution in [-0.2, 0) is 6.42 Å². The van der Waals surface area contributed by atoms with Gasteiger partial charge in [-0.05, 0) is 101 Å². The summed E-state index contributed by atoms with van der Waals surface area (Å²) < 4.78 is 0. The van der Waals surface area contributed by atoms with E-state index in [2.05, 4.69) is 70.5 Å². The molecule has 0 saturated carbocycles. The van der Waals surface area contributed by atoms with Crippen molar-refractivity contribution in [1.29, 1.82) is 0 Å². The molecule has 0 N–H and O–H groups in total. The van der Waals surface area contributed by atoms with Gasteiger partial charge < -0.3 is 4.90 Å². The molecule has 2 aliphatic rings. The summed E-state index contributed by atoms with van der Waals surface area (Å²) in [5.41, 5.74) is 3.27. The highest BCUT2D eigenvalue weighted by Crippen LogP contribution is 2.38. The second kappa shape index (κ2) is 10.2. The van der Waals surface area contributed by atoms with E-state index in [0.29, 0.717) is 0 Å². The van der Waals surface area contributed by atoms with Gasteiger partial charge in [-0.3, -0.25) is 4.98 Å². The maximum Gasteiger partial charge on any atom is 0.0346 e. The molecule has 2 heteroatoms. The van der Waals surface area contributed by atoms with E-state index in [1.165, 1.54) is 90.5 Å². The molecule has 1 aliphatic heterocycles. The quantitative estimate of drug-likeness (QED) is 0.248. The lowest BCUT2D eigenvalue weighted by molar-refractivity contribution is 0.209. The van der Waals surface area contributed by atoms with Crippen molar-refractivity contribution in [3.05, 3.63) is 102 Å². The first kappa shape index (κ1) is 22.2. The van der Waals surface area contributed by atoms with Gasteiger partial charge in [0.2, 0.25) is 0 Å². The van der Waals surface area contributed by atoms with Crippen molar-refractivity contribution >= 4 is 32.3 Å². The van der Waals surface area contributed by atoms with Crippen LogP contribution in [0.4, 0.5) is 0 Å². The maximum atomic E-state index is 4.01. The number of benzene rings is 4. The summed E-state index contributed by atoms with van der Waals surface area (Å²) in [4.78, 5) is 6.73. The fourth-order valence-electron chi connectivity index (χ4n) is 6.18. The van der Waals surface area contributed by atoms with Gasteiger partial charge >= 0.3 is 0 Å². The van der Waals surface area contributed by atoms with Crippen molar-refractivity contribution in [2.45, 2.75) is 44.4 Å². The highest BCUT2D eigenvalue weighted by Gasteiger charge is 2.24. The van der Waals surface area contributed by atoms with Crippen molar-refractivity contribution in [2.75, 3.05) is 19.6 Å². The van der Waals surface area contributed by atoms with Gasteiger partial charge in [0.1, 0.15) is 0 Å². The molecule has 35 heavy (non-hydrogen) atoms. The molecule has 176 valence electrons. The Bertz CT molecular complexity index is 1380. The molecule has 1 saturated heterocycles. The summed E-state index contributed by atoms with van der Waals surface area (Å²) in [5.74, 6) is 0.734. The molecule has 2 heterocycles. The number of rotatable bonds is 2. The Morgan fingerprint density at radius 2 is 1.43 bits per heavy atom. The Morgan fingerprint density at radius 1 is 0.657 bits per heavy atom. The van der Waals surface area contributed by atoms with Gasteiger partial charge in [-0.25, -0.2) is 0 Å². The van der Waals surface area contributed by atoms with Crippen molar-refractivity contribution < 1.29 is 0 Å². The molecule has 2 nitrogen and oxygen atoms in total. The normalized spacial score (nSPS) is 18.2. The van der Waals surface area contributed by atoms with Gasteiger partial charge in [0.25, 0.3) is 0 Å². The van der Waals surface area contributed by atoms with E-state index in [4.69, 9.17) is 0 Å². The number of hydrogen-bond acceptors (Lipinski definition) is 2. The van der Waals surface area contributed by atoms with E-state index in [1.807, 2.05) is 30.6 Å². The highest BCUT2D eigenvalue weighted by molar-refractivity contribution is 6.08. The Balaban J connectivity index is 0.000000191. The number of aromatic nitrogens is 1. The van der Waals surface area contributed by atoms with Crippen LogP contribution < -0.4 is 0 Å². The lowest BCUT2D eigenvalue weighted by atomic mass is 9.79. The van der Waals surface area contributed by atoms with Crippen molar-refractivity contribution in [1.82, 2.24) is 9.88 Å². The number of nitrogens with zero attached hydrogens (tertiary/aromatic N) is 2. The minimum absolute atomic E-state index is 0.734. The van der Waals surface area contributed by atoms with Gasteiger partial charge in [-0.15, -0.1) is 0 Å². The maximum absolute atomic E-state index is 4.01. The molecule has 4 aromatic carbocycles. The summed E-state index contributed by atoms with van der Waals surface area (Å²) in [6.45, 7) is 3.89. The van der Waals surface area contributed by atoms with Crippen LogP contribution in [-0.4, -0.2) is 29.5 Å². The number of aryl methyl sites for hydroxylation is 1. The minimum atomic E-state index is 0.734. The third-order valence-electron chi connectivity index (χ3n) is 7.97. The zero-order valence-corrected chi connectivity index (χ0v) is 20.5. The molecule has 1 aliphatic carbocycles. The van der Waals surface area contributed by atoms with E-state index in [9.17, 15) is 0 Å². The monoisotopic (exact) mass is 458 g/mol. The molecule has 0 spiro atoms. The third-order valence-corrected chi connectivity index (χ3v) is 7.97. The summed E-state index contributed by atoms with van der Waals surface area (Å²) in [6.07, 6.45) is 11.8. The van der Waals surface area contributed by atoms with Gasteiger partial charge in [-0.1, -0.05) is 79.2 Å². The van der Waals surface area contributed by atoms with Crippen LogP contribution in [0.5, 0.6) is 0 Å². The Kier molecular flexibility index (Phi) is 6.47. The van der Waals surface area contributed by atoms with Crippen LogP contribution >= 0.6 is 0 Å². The number of hydrogen-bond donors (Lipinski definition) is 0. The predicted octanol–water partition coefficient (Wildman–Crippen LogP) is 8.13. The number of fused-ring (bicyclic) bond motifs is 6. The Morgan fingerprint density at radius 3 is 2.29 bits per heavy atom. The largest absolute Gasteiger partial charge is 0.303 e. The van der Waals surface area contributed by atoms with E-state index in [1.54, 1.807) is 11.1 Å². The molecule has 7 rings (SSSR count). The molecule has 0 bridgehead atoms. The first-order chi connectivity index (χ1) is 17.4. The lowest BCUT2D eigenvalue weighted by Crippen LogP contribution is -2.34. The molecule has 1 fully saturated rings. The zero-order chi connectivity index (χ0) is 23.5. The average molecular weight is 459 g/mol. The molecule has 1 atom stereocenters. The molecule has 0 radical (unpaired) electrons. The van der Waals surface area contributed by atoms with Gasteiger partial charge in [0, 0.05) is 18.9 Å². The first-order valence-corrected chi connectivity index (χ1v) is 13.3. The molecule has 0 amide bonds. The van der Waals surface area contributed by atoms with Crippen molar-refractivity contribution in [3.8, 4) is 0 Å². The summed E-state index contributed by atoms with van der Waals surface area (Å²) in [5, 5.41) is 8.15. The summed E-state index contributed by atoms with van der Waals surface area (Å²) >= 11 is 0. The van der Waals surface area contributed by atoms with Gasteiger partial charge in [0.05, 0.1) is 0 Å². The van der Waals surface area contributed by atoms with Crippen LogP contribution in [0.1, 0.15) is 49.1 Å². The van der Waals surface area contributed by atoms with Crippen LogP contribution in [0.3, 0.4) is 0 Å². The number of piperidine rings is 1. The van der Waals surface area contributed by atoms with Crippen molar-refractivity contribution in [2.24, 2.45) is 0 Å². The van der Waals surface area contributed by atoms with Crippen molar-refractivity contribution in [3.63, 3.8) is 0 Å². The Hall–Kier alpha value is -3.23. The number of pyridine rings is 1. The average Bonchev–Trinajstić information content (AvgIpc) is 2.94. The molecule has 5 aromatic rings. The summed E-state index contributed by atoms with van der Waals surface area (Å²) in [6, 6.07) is 28.5. The van der Waals surface area contributed by atoms with Crippen LogP contribution in [0.15, 0.2) is 91.3 Å². The van der Waals surface area contributed by atoms with E-state index in [0.717, 1.165) is 5.92 Å². The van der Waals surface area contributed by atoms with Crippen LogP contribution in [0.25, 0.3) is 32.3 Å². The second-order valence-electron chi connectivity index (χ2n) is 10.2. The molecule has 1 aromatic heterocycles. The van der Waals surface area contributed by atoms with Crippen LogP contribution in [0, 0.1) is 0 Å². The standard InChI is InChI=1S/C24H27N.C9H7N/c1-4-15-25(16-5-1)17-19-8-6-10-22-21(19)13-14-23-20-9-3-2-7-18(20)11-12-24(22)23;1-2-4-9-7-10-6-5-8(9)3-1/h2-3,7,9,11-14,19H,1,4-6,8,10,15-17H2;1-7H. The zero-order valence-electron chi connectivity index (χ0n) is 20.5. The fourth-order valence-corrected chi connectivity index (χ4v) is 6.18. The number of likely N-dealkylation sites (tertiary alicyclic amines) is 1. The second-order valence-corrected chi connectivity index (χ2v) is 10.2. The minimum Gasteiger partial charge on any atom is -0.303 e. The topological polar surface area (TPSA) is 16.1 Å². The van der Waals surface area contributed by atoms with Crippen LogP contribution in [0.2, 0.25) is 0 Å². The lowest BCUT2D eigenvalue weighted by Gasteiger charge is -2.34. The fraction of sp³-hybridized carbons (Fsp3) is 0.303. The molecular formula is C33H34N2. The highest BCUT2D eigenvalue weighted by atomic mass is 15.1. The summed E-state index contributed by atoms with van der Waals surface area (Å²) in [7, 11) is 0. The first-order valence-electron chi connectivity index (χ1n) is 13.3. The SMILES string of the molecule is c1ccc2c(c1)ccc1c3c(ccc12)C(CN1CCCCC1)CCC3.c1ccc2cnccc2c1. The molecular weight excluding hydrogens is 424 g/mol. The van der Waals surface area contributed by atoms with Gasteiger partial charge in [0.15, 0.2) is 0 Å². The smallest absolute Gasteiger partial charge is 0.0346 e. The Labute approximate surface area is 208 Å².